The van der Waals surface area contributed by atoms with Crippen LogP contribution in [0.25, 0.3) is 0 Å². The van der Waals surface area contributed by atoms with Crippen LogP contribution in [0.4, 0.5) is 4.39 Å². The van der Waals surface area contributed by atoms with Crippen molar-refractivity contribution in [2.45, 2.75) is 25.5 Å². The van der Waals surface area contributed by atoms with Gasteiger partial charge >= 0.3 is 5.97 Å². The Morgan fingerprint density at radius 2 is 2.10 bits per heavy atom. The van der Waals surface area contributed by atoms with Gasteiger partial charge in [-0.25, -0.2) is 4.39 Å². The average Bonchev–Trinajstić information content (AvgIpc) is 2.41. The van der Waals surface area contributed by atoms with Crippen molar-refractivity contribution in [3.05, 3.63) is 30.1 Å². The minimum absolute atomic E-state index is 0.133. The highest BCUT2D eigenvalue weighted by Crippen LogP contribution is 2.18. The molecule has 1 saturated heterocycles. The van der Waals surface area contributed by atoms with E-state index >= 15 is 0 Å². The summed E-state index contributed by atoms with van der Waals surface area (Å²) < 4.78 is 23.3. The number of benzene rings is 1. The van der Waals surface area contributed by atoms with Crippen LogP contribution < -0.4 is 10.5 Å². The summed E-state index contributed by atoms with van der Waals surface area (Å²) in [4.78, 5) is 12.9. The number of nitrogens with zero attached hydrogens (tertiary/aromatic N) is 1. The van der Waals surface area contributed by atoms with E-state index in [2.05, 4.69) is 4.90 Å². The number of carbonyl (C=O) groups is 1. The van der Waals surface area contributed by atoms with Gasteiger partial charge in [0.25, 0.3) is 0 Å². The fourth-order valence-corrected chi connectivity index (χ4v) is 2.14. The summed E-state index contributed by atoms with van der Waals surface area (Å²) in [5.41, 5.74) is 5.85. The number of carbonyl (C=O) groups excluding carboxylic acids is 1. The molecular formula is C15H21FN2O3. The fourth-order valence-electron chi connectivity index (χ4n) is 2.14. The van der Waals surface area contributed by atoms with E-state index in [9.17, 15) is 9.18 Å². The van der Waals surface area contributed by atoms with Crippen molar-refractivity contribution in [3.63, 3.8) is 0 Å². The van der Waals surface area contributed by atoms with Crippen LogP contribution in [0.5, 0.6) is 5.75 Å². The van der Waals surface area contributed by atoms with E-state index < -0.39 is 0 Å². The zero-order valence-electron chi connectivity index (χ0n) is 12.1. The second-order valence-corrected chi connectivity index (χ2v) is 5.30. The van der Waals surface area contributed by atoms with E-state index in [-0.39, 0.29) is 30.5 Å². The topological polar surface area (TPSA) is 64.8 Å². The first kappa shape index (κ1) is 15.7. The molecule has 0 unspecified atom stereocenters. The van der Waals surface area contributed by atoms with Crippen LogP contribution in [-0.2, 0) is 9.53 Å². The van der Waals surface area contributed by atoms with Gasteiger partial charge in [0, 0.05) is 32.6 Å². The molecule has 1 heterocycles. The summed E-state index contributed by atoms with van der Waals surface area (Å²) in [5, 5.41) is 0. The largest absolute Gasteiger partial charge is 0.488 e. The van der Waals surface area contributed by atoms with Gasteiger partial charge in [0.2, 0.25) is 0 Å². The number of likely N-dealkylation sites (tertiary alicyclic amines) is 1. The van der Waals surface area contributed by atoms with Crippen molar-refractivity contribution in [1.82, 2.24) is 4.90 Å². The van der Waals surface area contributed by atoms with Gasteiger partial charge < -0.3 is 15.2 Å². The van der Waals surface area contributed by atoms with E-state index in [1.165, 1.54) is 19.1 Å². The predicted octanol–water partition coefficient (Wildman–Crippen LogP) is 1.17. The quantitative estimate of drug-likeness (QED) is 0.765. The lowest BCUT2D eigenvalue weighted by Crippen LogP contribution is -2.54. The van der Waals surface area contributed by atoms with E-state index in [0.29, 0.717) is 5.75 Å². The minimum atomic E-state index is -0.304. The van der Waals surface area contributed by atoms with Crippen LogP contribution >= 0.6 is 0 Å². The number of esters is 1. The maximum absolute atomic E-state index is 12.8. The molecule has 0 aliphatic carbocycles. The zero-order chi connectivity index (χ0) is 15.2. The van der Waals surface area contributed by atoms with Crippen LogP contribution in [0.3, 0.4) is 0 Å². The van der Waals surface area contributed by atoms with E-state index in [1.807, 2.05) is 0 Å². The van der Waals surface area contributed by atoms with Crippen LogP contribution in [0, 0.1) is 5.82 Å². The molecule has 1 aromatic rings. The summed E-state index contributed by atoms with van der Waals surface area (Å²) in [6.07, 6.45) is 0.913. The minimum Gasteiger partial charge on any atom is -0.488 e. The number of hydrogen-bond donors (Lipinski definition) is 1. The van der Waals surface area contributed by atoms with Gasteiger partial charge in [-0.1, -0.05) is 0 Å². The molecule has 1 aromatic carbocycles. The van der Waals surface area contributed by atoms with Crippen molar-refractivity contribution in [1.29, 1.82) is 0 Å². The normalized spacial score (nSPS) is 17.1. The average molecular weight is 296 g/mol. The molecule has 1 aliphatic heterocycles. The van der Waals surface area contributed by atoms with Crippen LogP contribution in [0.15, 0.2) is 24.3 Å². The number of halogens is 1. The molecule has 2 rings (SSSR count). The third kappa shape index (κ3) is 5.32. The Labute approximate surface area is 123 Å². The van der Waals surface area contributed by atoms with Crippen LogP contribution in [0.1, 0.15) is 13.3 Å². The first-order valence-corrected chi connectivity index (χ1v) is 7.06. The Bertz CT molecular complexity index is 460. The lowest BCUT2D eigenvalue weighted by Gasteiger charge is -2.39. The molecule has 0 amide bonds. The summed E-state index contributed by atoms with van der Waals surface area (Å²) in [6.45, 7) is 4.15. The molecule has 5 nitrogen and oxygen atoms in total. The first-order valence-electron chi connectivity index (χ1n) is 7.06. The number of nitrogens with two attached hydrogens (primary N) is 1. The highest BCUT2D eigenvalue weighted by atomic mass is 19.1. The Balaban J connectivity index is 1.59. The molecule has 0 bridgehead atoms. The number of hydrogen-bond acceptors (Lipinski definition) is 5. The zero-order valence-corrected chi connectivity index (χ0v) is 12.1. The molecular weight excluding hydrogens is 275 g/mol. The molecule has 0 aromatic heterocycles. The maximum atomic E-state index is 12.8. The van der Waals surface area contributed by atoms with Crippen molar-refractivity contribution in [2.24, 2.45) is 5.73 Å². The Morgan fingerprint density at radius 3 is 2.71 bits per heavy atom. The molecule has 21 heavy (non-hydrogen) atoms. The Morgan fingerprint density at radius 1 is 1.43 bits per heavy atom. The van der Waals surface area contributed by atoms with Crippen LogP contribution in [-0.4, -0.2) is 49.3 Å². The molecule has 0 saturated carbocycles. The third-order valence-electron chi connectivity index (χ3n) is 3.36. The summed E-state index contributed by atoms with van der Waals surface area (Å²) >= 11 is 0. The van der Waals surface area contributed by atoms with Gasteiger partial charge in [-0.2, -0.15) is 0 Å². The van der Waals surface area contributed by atoms with Gasteiger partial charge in [-0.15, -0.1) is 0 Å². The van der Waals surface area contributed by atoms with Gasteiger partial charge in [0.15, 0.2) is 0 Å². The van der Waals surface area contributed by atoms with E-state index in [4.69, 9.17) is 15.2 Å². The highest BCUT2D eigenvalue weighted by molar-refractivity contribution is 5.65. The van der Waals surface area contributed by atoms with Gasteiger partial charge in [0.05, 0.1) is 0 Å². The smallest absolute Gasteiger partial charge is 0.302 e. The summed E-state index contributed by atoms with van der Waals surface area (Å²) in [5.74, 6) is 0.120. The molecule has 2 N–H and O–H groups in total. The van der Waals surface area contributed by atoms with Gasteiger partial charge in [-0.3, -0.25) is 9.69 Å². The molecule has 1 fully saturated rings. The molecule has 0 spiro atoms. The van der Waals surface area contributed by atoms with Crippen molar-refractivity contribution in [3.8, 4) is 5.75 Å². The monoisotopic (exact) mass is 296 g/mol. The van der Waals surface area contributed by atoms with E-state index in [1.54, 1.807) is 12.1 Å². The molecule has 116 valence electrons. The number of ether oxygens (including phenoxy) is 2. The maximum Gasteiger partial charge on any atom is 0.302 e. The number of rotatable bonds is 7. The molecule has 0 radical (unpaired) electrons. The van der Waals surface area contributed by atoms with Crippen molar-refractivity contribution < 1.29 is 18.7 Å². The lowest BCUT2D eigenvalue weighted by atomic mass is 10.1. The second-order valence-electron chi connectivity index (χ2n) is 5.30. The van der Waals surface area contributed by atoms with Crippen molar-refractivity contribution >= 4 is 5.97 Å². The SMILES string of the molecule is CC(=O)OC[C@@H](N)CCN1CC(Oc2ccc(F)cc2)C1. The molecule has 1 atom stereocenters. The second kappa shape index (κ2) is 7.38. The molecule has 1 aliphatic rings. The van der Waals surface area contributed by atoms with Gasteiger partial charge in [-0.05, 0) is 30.7 Å². The standard InChI is InChI=1S/C15H21FN2O3/c1-11(19)20-10-13(17)6-7-18-8-15(9-18)21-14-4-2-12(16)3-5-14/h2-5,13,15H,6-10,17H2,1H3/t13-/m0/s1. The Kier molecular flexibility index (Phi) is 5.52. The predicted molar refractivity (Wildman–Crippen MR) is 76.5 cm³/mol. The lowest BCUT2D eigenvalue weighted by molar-refractivity contribution is -0.141. The summed E-state index contributed by atoms with van der Waals surface area (Å²) in [6, 6.07) is 5.91. The van der Waals surface area contributed by atoms with Crippen molar-refractivity contribution in [2.75, 3.05) is 26.2 Å². The third-order valence-corrected chi connectivity index (χ3v) is 3.36. The Hall–Kier alpha value is -1.66. The van der Waals surface area contributed by atoms with E-state index in [0.717, 1.165) is 26.1 Å². The highest BCUT2D eigenvalue weighted by Gasteiger charge is 2.28. The van der Waals surface area contributed by atoms with Gasteiger partial charge in [0.1, 0.15) is 24.3 Å². The van der Waals surface area contributed by atoms with Crippen LogP contribution in [0.2, 0.25) is 0 Å². The first-order chi connectivity index (χ1) is 10.0. The summed E-state index contributed by atoms with van der Waals surface area (Å²) in [7, 11) is 0. The molecule has 6 heteroatoms. The fraction of sp³-hybridized carbons (Fsp3) is 0.533.